The van der Waals surface area contributed by atoms with E-state index >= 15 is 0 Å². The Hall–Kier alpha value is -1.24. The maximum atomic E-state index is 10.1. The molecule has 0 unspecified atom stereocenters. The van der Waals surface area contributed by atoms with Crippen LogP contribution in [-0.2, 0) is 0 Å². The minimum atomic E-state index is -0.929. The molecule has 0 aliphatic carbocycles. The Kier molecular flexibility index (Phi) is 3.71. The second-order valence-electron chi connectivity index (χ2n) is 5.08. The molecule has 0 saturated heterocycles. The lowest BCUT2D eigenvalue weighted by atomic mass is 9.85. The van der Waals surface area contributed by atoms with Gasteiger partial charge in [-0.3, -0.25) is 0 Å². The highest BCUT2D eigenvalue weighted by Crippen LogP contribution is 2.30. The zero-order chi connectivity index (χ0) is 13.3. The van der Waals surface area contributed by atoms with Crippen molar-refractivity contribution in [3.05, 3.63) is 28.8 Å². The van der Waals surface area contributed by atoms with E-state index in [9.17, 15) is 5.11 Å². The van der Waals surface area contributed by atoms with Crippen molar-refractivity contribution in [3.8, 4) is 6.07 Å². The van der Waals surface area contributed by atoms with Crippen LogP contribution in [0.4, 0.5) is 5.69 Å². The Morgan fingerprint density at radius 1 is 1.29 bits per heavy atom. The summed E-state index contributed by atoms with van der Waals surface area (Å²) in [5.74, 6) is 0. The summed E-state index contributed by atoms with van der Waals surface area (Å²) in [6.07, 6.45) is 0. The number of nitrogens with one attached hydrogen (secondary N) is 1. The Morgan fingerprint density at radius 3 is 2.35 bits per heavy atom. The van der Waals surface area contributed by atoms with Gasteiger partial charge < -0.3 is 10.4 Å². The summed E-state index contributed by atoms with van der Waals surface area (Å²) >= 11 is 5.95. The third kappa shape index (κ3) is 2.91. The average molecular weight is 253 g/mol. The molecule has 0 heterocycles. The highest BCUT2D eigenvalue weighted by Gasteiger charge is 2.35. The first-order valence-electron chi connectivity index (χ1n) is 5.38. The Morgan fingerprint density at radius 2 is 1.88 bits per heavy atom. The molecule has 0 aromatic heterocycles. The lowest BCUT2D eigenvalue weighted by molar-refractivity contribution is 0.0240. The summed E-state index contributed by atoms with van der Waals surface area (Å²) < 4.78 is 0. The van der Waals surface area contributed by atoms with Crippen LogP contribution in [0.2, 0.25) is 5.02 Å². The van der Waals surface area contributed by atoms with Gasteiger partial charge in [0.25, 0.3) is 0 Å². The fraction of sp³-hybridized carbons (Fsp3) is 0.462. The quantitative estimate of drug-likeness (QED) is 0.869. The molecule has 17 heavy (non-hydrogen) atoms. The van der Waals surface area contributed by atoms with Gasteiger partial charge in [-0.15, -0.1) is 0 Å². The van der Waals surface area contributed by atoms with E-state index in [1.165, 1.54) is 0 Å². The number of benzene rings is 1. The SMILES string of the molecule is CC(C)(O)C(C)(C)Nc1cccc(Cl)c1C#N. The van der Waals surface area contributed by atoms with Crippen LogP contribution in [0, 0.1) is 11.3 Å². The fourth-order valence-corrected chi connectivity index (χ4v) is 1.45. The highest BCUT2D eigenvalue weighted by molar-refractivity contribution is 6.32. The normalized spacial score (nSPS) is 12.1. The Labute approximate surface area is 107 Å². The van der Waals surface area contributed by atoms with Crippen molar-refractivity contribution in [1.82, 2.24) is 0 Å². The number of nitrogens with zero attached hydrogens (tertiary/aromatic N) is 1. The van der Waals surface area contributed by atoms with Gasteiger partial charge in [0.2, 0.25) is 0 Å². The maximum Gasteiger partial charge on any atom is 0.103 e. The van der Waals surface area contributed by atoms with E-state index < -0.39 is 11.1 Å². The third-order valence-corrected chi connectivity index (χ3v) is 3.42. The summed E-state index contributed by atoms with van der Waals surface area (Å²) in [4.78, 5) is 0. The largest absolute Gasteiger partial charge is 0.388 e. The van der Waals surface area contributed by atoms with E-state index in [4.69, 9.17) is 16.9 Å². The molecule has 0 atom stereocenters. The summed E-state index contributed by atoms with van der Waals surface area (Å²) in [7, 11) is 0. The van der Waals surface area contributed by atoms with Crippen molar-refractivity contribution < 1.29 is 5.11 Å². The van der Waals surface area contributed by atoms with Gasteiger partial charge in [0.05, 0.1) is 27.4 Å². The first-order chi connectivity index (χ1) is 7.69. The molecule has 0 amide bonds. The van der Waals surface area contributed by atoms with Crippen LogP contribution in [0.5, 0.6) is 0 Å². The molecule has 2 N–H and O–H groups in total. The monoisotopic (exact) mass is 252 g/mol. The summed E-state index contributed by atoms with van der Waals surface area (Å²) in [5, 5.41) is 22.7. The molecule has 4 heteroatoms. The van der Waals surface area contributed by atoms with E-state index in [0.717, 1.165) is 0 Å². The lowest BCUT2D eigenvalue weighted by Crippen LogP contribution is -2.51. The topological polar surface area (TPSA) is 56.0 Å². The molecule has 1 aromatic rings. The standard InChI is InChI=1S/C13H17ClN2O/c1-12(2,13(3,4)17)16-11-7-5-6-10(14)9(11)8-15/h5-7,16-17H,1-4H3. The second kappa shape index (κ2) is 4.56. The van der Waals surface area contributed by atoms with Crippen LogP contribution in [-0.4, -0.2) is 16.2 Å². The van der Waals surface area contributed by atoms with E-state index in [2.05, 4.69) is 11.4 Å². The first-order valence-corrected chi connectivity index (χ1v) is 5.76. The Balaban J connectivity index is 3.14. The molecular formula is C13H17ClN2O. The van der Waals surface area contributed by atoms with Crippen LogP contribution < -0.4 is 5.32 Å². The van der Waals surface area contributed by atoms with Gasteiger partial charge in [0.1, 0.15) is 6.07 Å². The van der Waals surface area contributed by atoms with Gasteiger partial charge >= 0.3 is 0 Å². The van der Waals surface area contributed by atoms with E-state index in [1.54, 1.807) is 32.0 Å². The summed E-state index contributed by atoms with van der Waals surface area (Å²) in [6.45, 7) is 7.18. The number of nitriles is 1. The lowest BCUT2D eigenvalue weighted by Gasteiger charge is -2.39. The average Bonchev–Trinajstić information content (AvgIpc) is 2.15. The van der Waals surface area contributed by atoms with Crippen molar-refractivity contribution >= 4 is 17.3 Å². The minimum Gasteiger partial charge on any atom is -0.388 e. The molecule has 1 rings (SSSR count). The number of hydrogen-bond acceptors (Lipinski definition) is 3. The molecule has 0 bridgehead atoms. The van der Waals surface area contributed by atoms with Crippen molar-refractivity contribution in [2.75, 3.05) is 5.32 Å². The van der Waals surface area contributed by atoms with Crippen molar-refractivity contribution in [3.63, 3.8) is 0 Å². The molecule has 0 fully saturated rings. The molecule has 0 saturated carbocycles. The second-order valence-corrected chi connectivity index (χ2v) is 5.49. The third-order valence-electron chi connectivity index (χ3n) is 3.10. The van der Waals surface area contributed by atoms with Gasteiger partial charge in [0.15, 0.2) is 0 Å². The molecule has 0 spiro atoms. The van der Waals surface area contributed by atoms with Crippen molar-refractivity contribution in [1.29, 1.82) is 5.26 Å². The Bertz CT molecular complexity index is 455. The van der Waals surface area contributed by atoms with Gasteiger partial charge in [0, 0.05) is 0 Å². The van der Waals surface area contributed by atoms with Crippen LogP contribution in [0.15, 0.2) is 18.2 Å². The smallest absolute Gasteiger partial charge is 0.103 e. The van der Waals surface area contributed by atoms with Crippen LogP contribution in [0.25, 0.3) is 0 Å². The molecule has 1 aromatic carbocycles. The van der Waals surface area contributed by atoms with Crippen molar-refractivity contribution in [2.24, 2.45) is 0 Å². The fourth-order valence-electron chi connectivity index (χ4n) is 1.23. The molecule has 0 aliphatic heterocycles. The number of halogens is 1. The summed E-state index contributed by atoms with van der Waals surface area (Å²) in [5.41, 5.74) is -0.482. The zero-order valence-corrected chi connectivity index (χ0v) is 11.3. The van der Waals surface area contributed by atoms with E-state index in [-0.39, 0.29) is 0 Å². The minimum absolute atomic E-state index is 0.395. The maximum absolute atomic E-state index is 10.1. The number of anilines is 1. The predicted octanol–water partition coefficient (Wildman–Crippen LogP) is 3.17. The van der Waals surface area contributed by atoms with Crippen molar-refractivity contribution in [2.45, 2.75) is 38.8 Å². The highest BCUT2D eigenvalue weighted by atomic mass is 35.5. The van der Waals surface area contributed by atoms with Crippen LogP contribution in [0.1, 0.15) is 33.3 Å². The van der Waals surface area contributed by atoms with E-state index in [0.29, 0.717) is 16.3 Å². The molecular weight excluding hydrogens is 236 g/mol. The molecule has 3 nitrogen and oxygen atoms in total. The molecule has 0 radical (unpaired) electrons. The van der Waals surface area contributed by atoms with Gasteiger partial charge in [-0.2, -0.15) is 5.26 Å². The number of rotatable bonds is 3. The van der Waals surface area contributed by atoms with E-state index in [1.807, 2.05) is 13.8 Å². The molecule has 0 aliphatic rings. The van der Waals surface area contributed by atoms with Gasteiger partial charge in [-0.1, -0.05) is 17.7 Å². The zero-order valence-electron chi connectivity index (χ0n) is 10.5. The van der Waals surface area contributed by atoms with Gasteiger partial charge in [-0.25, -0.2) is 0 Å². The van der Waals surface area contributed by atoms with Crippen LogP contribution >= 0.6 is 11.6 Å². The molecule has 92 valence electrons. The first kappa shape index (κ1) is 13.8. The summed E-state index contributed by atoms with van der Waals surface area (Å²) in [6, 6.07) is 7.28. The number of hydrogen-bond donors (Lipinski definition) is 2. The number of aliphatic hydroxyl groups is 1. The van der Waals surface area contributed by atoms with Crippen LogP contribution in [0.3, 0.4) is 0 Å². The van der Waals surface area contributed by atoms with Gasteiger partial charge in [-0.05, 0) is 39.8 Å². The predicted molar refractivity (Wildman–Crippen MR) is 70.2 cm³/mol.